The topological polar surface area (TPSA) is 70.7 Å². The number of aromatic amines is 1. The van der Waals surface area contributed by atoms with Gasteiger partial charge in [0.25, 0.3) is 0 Å². The number of halogens is 1. The number of nitrogens with zero attached hydrogens (tertiary/aromatic N) is 2. The van der Waals surface area contributed by atoms with Crippen LogP contribution in [0.3, 0.4) is 0 Å². The fraction of sp³-hybridized carbons (Fsp3) is 0.105. The predicted octanol–water partition coefficient (Wildman–Crippen LogP) is 5.46. The van der Waals surface area contributed by atoms with E-state index in [0.29, 0.717) is 15.3 Å². The highest BCUT2D eigenvalue weighted by Crippen LogP contribution is 2.28. The number of aromatic nitrogens is 3. The van der Waals surface area contributed by atoms with Crippen LogP contribution in [0.1, 0.15) is 6.92 Å². The first kappa shape index (κ1) is 18.0. The Labute approximate surface area is 169 Å². The van der Waals surface area contributed by atoms with E-state index in [1.54, 1.807) is 6.07 Å². The van der Waals surface area contributed by atoms with E-state index >= 15 is 0 Å². The molecular formula is C19H15ClN4OS2. The Morgan fingerprint density at radius 2 is 2.04 bits per heavy atom. The lowest BCUT2D eigenvalue weighted by Crippen LogP contribution is -2.22. The molecule has 2 heterocycles. The summed E-state index contributed by atoms with van der Waals surface area (Å²) in [6.07, 6.45) is 0. The molecule has 0 radical (unpaired) electrons. The third-order valence-corrected chi connectivity index (χ3v) is 5.86. The summed E-state index contributed by atoms with van der Waals surface area (Å²) < 4.78 is 0. The number of hydrogen-bond donors (Lipinski definition) is 2. The molecule has 5 nitrogen and oxygen atoms in total. The number of benzene rings is 2. The maximum absolute atomic E-state index is 12.5. The Morgan fingerprint density at radius 3 is 2.85 bits per heavy atom. The van der Waals surface area contributed by atoms with Gasteiger partial charge in [-0.1, -0.05) is 53.7 Å². The minimum atomic E-state index is -0.329. The van der Waals surface area contributed by atoms with Crippen molar-refractivity contribution < 1.29 is 4.79 Å². The lowest BCUT2D eigenvalue weighted by atomic mass is 10.2. The van der Waals surface area contributed by atoms with Crippen molar-refractivity contribution in [2.45, 2.75) is 17.3 Å². The molecule has 0 saturated carbocycles. The molecule has 0 aliphatic heterocycles. The third-order valence-electron chi connectivity index (χ3n) is 3.88. The highest BCUT2D eigenvalue weighted by Gasteiger charge is 2.18. The quantitative estimate of drug-likeness (QED) is 0.425. The van der Waals surface area contributed by atoms with Gasteiger partial charge in [0, 0.05) is 16.0 Å². The van der Waals surface area contributed by atoms with Crippen molar-refractivity contribution in [1.29, 1.82) is 0 Å². The molecule has 2 N–H and O–H groups in total. The monoisotopic (exact) mass is 414 g/mol. The number of anilines is 1. The number of hydrogen-bond acceptors (Lipinski definition) is 5. The second-order valence-corrected chi connectivity index (χ2v) is 8.48. The summed E-state index contributed by atoms with van der Waals surface area (Å²) in [4.78, 5) is 24.7. The Bertz CT molecular complexity index is 1090. The molecule has 0 aliphatic carbocycles. The van der Waals surface area contributed by atoms with Gasteiger partial charge >= 0.3 is 0 Å². The first-order chi connectivity index (χ1) is 13.1. The number of H-pyrrole nitrogens is 1. The summed E-state index contributed by atoms with van der Waals surface area (Å²) >= 11 is 8.77. The highest BCUT2D eigenvalue weighted by atomic mass is 35.5. The zero-order valence-corrected chi connectivity index (χ0v) is 16.7. The van der Waals surface area contributed by atoms with Crippen LogP contribution in [0.5, 0.6) is 0 Å². The van der Waals surface area contributed by atoms with Gasteiger partial charge in [-0.25, -0.2) is 9.97 Å². The molecule has 2 aromatic heterocycles. The standard InChI is InChI=1S/C19H15ClN4OS2/c1-11(27-19-21-14-8-7-13(20)9-15(14)22-19)17(25)24-18-23-16(10-26-18)12-5-3-2-4-6-12/h2-11H,1H3,(H,21,22)(H,23,24,25). The molecule has 8 heteroatoms. The lowest BCUT2D eigenvalue weighted by Gasteiger charge is -2.08. The molecular weight excluding hydrogens is 400 g/mol. The van der Waals surface area contributed by atoms with Crippen LogP contribution in [0.4, 0.5) is 5.13 Å². The second kappa shape index (κ2) is 7.72. The van der Waals surface area contributed by atoms with E-state index < -0.39 is 0 Å². The van der Waals surface area contributed by atoms with Crippen molar-refractivity contribution in [3.8, 4) is 11.3 Å². The average Bonchev–Trinajstić information content (AvgIpc) is 3.28. The van der Waals surface area contributed by atoms with Crippen molar-refractivity contribution >= 4 is 56.8 Å². The van der Waals surface area contributed by atoms with E-state index in [-0.39, 0.29) is 11.2 Å². The Morgan fingerprint density at radius 1 is 1.22 bits per heavy atom. The highest BCUT2D eigenvalue weighted by molar-refractivity contribution is 8.00. The van der Waals surface area contributed by atoms with E-state index in [1.165, 1.54) is 23.1 Å². The number of thioether (sulfide) groups is 1. The number of carbonyl (C=O) groups is 1. The van der Waals surface area contributed by atoms with Crippen LogP contribution >= 0.6 is 34.7 Å². The van der Waals surface area contributed by atoms with Gasteiger partial charge in [0.2, 0.25) is 5.91 Å². The molecule has 1 unspecified atom stereocenters. The predicted molar refractivity (Wildman–Crippen MR) is 113 cm³/mol. The summed E-state index contributed by atoms with van der Waals surface area (Å²) in [5.74, 6) is -0.118. The van der Waals surface area contributed by atoms with Gasteiger partial charge in [-0.2, -0.15) is 0 Å². The van der Waals surface area contributed by atoms with Gasteiger partial charge in [-0.05, 0) is 25.1 Å². The van der Waals surface area contributed by atoms with Crippen LogP contribution in [-0.4, -0.2) is 26.1 Å². The molecule has 1 atom stereocenters. The molecule has 136 valence electrons. The van der Waals surface area contributed by atoms with Gasteiger partial charge < -0.3 is 10.3 Å². The fourth-order valence-electron chi connectivity index (χ4n) is 2.51. The molecule has 2 aromatic carbocycles. The molecule has 4 aromatic rings. The van der Waals surface area contributed by atoms with E-state index in [1.807, 2.05) is 54.8 Å². The fourth-order valence-corrected chi connectivity index (χ4v) is 4.23. The minimum absolute atomic E-state index is 0.118. The Hall–Kier alpha value is -2.35. The van der Waals surface area contributed by atoms with Crippen molar-refractivity contribution in [2.75, 3.05) is 5.32 Å². The van der Waals surface area contributed by atoms with Crippen molar-refractivity contribution in [3.05, 3.63) is 58.9 Å². The third kappa shape index (κ3) is 4.16. The summed E-state index contributed by atoms with van der Waals surface area (Å²) in [6, 6.07) is 15.3. The van der Waals surface area contributed by atoms with Crippen LogP contribution in [0.2, 0.25) is 5.02 Å². The molecule has 27 heavy (non-hydrogen) atoms. The van der Waals surface area contributed by atoms with Crippen LogP contribution in [-0.2, 0) is 4.79 Å². The number of nitrogens with one attached hydrogen (secondary N) is 2. The molecule has 0 bridgehead atoms. The van der Waals surface area contributed by atoms with Crippen molar-refractivity contribution in [3.63, 3.8) is 0 Å². The first-order valence-electron chi connectivity index (χ1n) is 8.22. The minimum Gasteiger partial charge on any atom is -0.333 e. The van der Waals surface area contributed by atoms with Gasteiger partial charge in [0.15, 0.2) is 10.3 Å². The van der Waals surface area contributed by atoms with E-state index in [2.05, 4.69) is 20.3 Å². The Balaban J connectivity index is 1.42. The van der Waals surface area contributed by atoms with Gasteiger partial charge in [0.05, 0.1) is 22.0 Å². The Kier molecular flexibility index (Phi) is 5.15. The average molecular weight is 415 g/mol. The maximum atomic E-state index is 12.5. The van der Waals surface area contributed by atoms with Crippen molar-refractivity contribution in [1.82, 2.24) is 15.0 Å². The lowest BCUT2D eigenvalue weighted by molar-refractivity contribution is -0.115. The van der Waals surface area contributed by atoms with E-state index in [4.69, 9.17) is 11.6 Å². The smallest absolute Gasteiger partial charge is 0.239 e. The summed E-state index contributed by atoms with van der Waals surface area (Å²) in [6.45, 7) is 1.84. The molecule has 0 saturated heterocycles. The number of imidazole rings is 1. The summed E-state index contributed by atoms with van der Waals surface area (Å²) in [5, 5.41) is 6.40. The van der Waals surface area contributed by atoms with Gasteiger partial charge in [-0.3, -0.25) is 4.79 Å². The number of rotatable bonds is 5. The van der Waals surface area contributed by atoms with E-state index in [9.17, 15) is 4.79 Å². The van der Waals surface area contributed by atoms with Crippen LogP contribution < -0.4 is 5.32 Å². The number of amides is 1. The normalized spacial score (nSPS) is 12.2. The van der Waals surface area contributed by atoms with Crippen LogP contribution in [0.15, 0.2) is 59.1 Å². The van der Waals surface area contributed by atoms with Crippen LogP contribution in [0.25, 0.3) is 22.3 Å². The number of thiazole rings is 1. The van der Waals surface area contributed by atoms with Crippen molar-refractivity contribution in [2.24, 2.45) is 0 Å². The molecule has 1 amide bonds. The molecule has 4 rings (SSSR count). The summed E-state index contributed by atoms with van der Waals surface area (Å²) in [5.41, 5.74) is 3.55. The molecule has 0 spiro atoms. The van der Waals surface area contributed by atoms with Gasteiger partial charge in [-0.15, -0.1) is 11.3 Å². The van der Waals surface area contributed by atoms with Crippen LogP contribution in [0, 0.1) is 0 Å². The molecule has 0 fully saturated rings. The molecule has 0 aliphatic rings. The number of fused-ring (bicyclic) bond motifs is 1. The largest absolute Gasteiger partial charge is 0.333 e. The maximum Gasteiger partial charge on any atom is 0.239 e. The SMILES string of the molecule is CC(Sc1nc2ccc(Cl)cc2[nH]1)C(=O)Nc1nc(-c2ccccc2)cs1. The number of carbonyl (C=O) groups excluding carboxylic acids is 1. The van der Waals surface area contributed by atoms with Gasteiger partial charge in [0.1, 0.15) is 0 Å². The van der Waals surface area contributed by atoms with E-state index in [0.717, 1.165) is 22.3 Å². The second-order valence-electron chi connectivity index (χ2n) is 5.86. The summed E-state index contributed by atoms with van der Waals surface area (Å²) in [7, 11) is 0. The zero-order valence-electron chi connectivity index (χ0n) is 14.3. The zero-order chi connectivity index (χ0) is 18.8. The first-order valence-corrected chi connectivity index (χ1v) is 10.4.